The fraction of sp³-hybridized carbons (Fsp3) is 0.353. The van der Waals surface area contributed by atoms with Gasteiger partial charge in [-0.15, -0.1) is 11.3 Å². The van der Waals surface area contributed by atoms with E-state index in [-0.39, 0.29) is 11.4 Å². The van der Waals surface area contributed by atoms with E-state index in [0.29, 0.717) is 41.0 Å². The van der Waals surface area contributed by atoms with Gasteiger partial charge in [-0.1, -0.05) is 17.3 Å². The summed E-state index contributed by atoms with van der Waals surface area (Å²) in [6, 6.07) is 5.30. The van der Waals surface area contributed by atoms with E-state index in [1.165, 1.54) is 42.6 Å². The van der Waals surface area contributed by atoms with Crippen LogP contribution in [0.3, 0.4) is 0 Å². The Morgan fingerprint density at radius 2 is 2.00 bits per heavy atom. The third kappa shape index (κ3) is 3.52. The average Bonchev–Trinajstić information content (AvgIpc) is 3.07. The number of hydrogen-bond acceptors (Lipinski definition) is 6. The maximum atomic E-state index is 13.0. The molecule has 2 aromatic rings. The molecule has 0 fully saturated rings. The van der Waals surface area contributed by atoms with E-state index in [1.54, 1.807) is 5.38 Å². The summed E-state index contributed by atoms with van der Waals surface area (Å²) in [6.45, 7) is -0.153. The Kier molecular flexibility index (Phi) is 5.42. The SMILES string of the molecule is CN(C[C@@H](O)c1ccc(F)cc1)S(=O)(=O)c1csc2c1CCCC2=NO. The number of rotatable bonds is 5. The van der Waals surface area contributed by atoms with Gasteiger partial charge in [0.15, 0.2) is 0 Å². The number of likely N-dealkylation sites (N-methyl/N-ethyl adjacent to an activating group) is 1. The predicted molar refractivity (Wildman–Crippen MR) is 96.8 cm³/mol. The molecule has 1 heterocycles. The number of fused-ring (bicyclic) bond motifs is 1. The largest absolute Gasteiger partial charge is 0.411 e. The van der Waals surface area contributed by atoms with Crippen LogP contribution in [0.1, 0.15) is 34.9 Å². The zero-order chi connectivity index (χ0) is 18.9. The lowest BCUT2D eigenvalue weighted by Gasteiger charge is -2.22. The summed E-state index contributed by atoms with van der Waals surface area (Å²) in [5.41, 5.74) is 1.61. The molecule has 0 aliphatic heterocycles. The monoisotopic (exact) mass is 398 g/mol. The Bertz CT molecular complexity index is 923. The summed E-state index contributed by atoms with van der Waals surface area (Å²) in [7, 11) is -2.41. The van der Waals surface area contributed by atoms with Crippen LogP contribution in [-0.4, -0.2) is 42.3 Å². The Morgan fingerprint density at radius 1 is 1.31 bits per heavy atom. The molecule has 1 aliphatic carbocycles. The molecule has 0 saturated carbocycles. The van der Waals surface area contributed by atoms with Gasteiger partial charge in [-0.05, 0) is 42.5 Å². The third-order valence-electron chi connectivity index (χ3n) is 4.45. The lowest BCUT2D eigenvalue weighted by Crippen LogP contribution is -2.31. The number of thiophene rings is 1. The van der Waals surface area contributed by atoms with E-state index in [2.05, 4.69) is 5.16 Å². The molecule has 1 aromatic carbocycles. The maximum absolute atomic E-state index is 13.0. The molecule has 9 heteroatoms. The van der Waals surface area contributed by atoms with Crippen molar-refractivity contribution in [1.29, 1.82) is 0 Å². The van der Waals surface area contributed by atoms with Crippen LogP contribution in [0.4, 0.5) is 4.39 Å². The summed E-state index contributed by atoms with van der Waals surface area (Å²) < 4.78 is 40.0. The minimum atomic E-state index is -3.81. The van der Waals surface area contributed by atoms with E-state index in [4.69, 9.17) is 5.21 Å². The normalized spacial score (nSPS) is 17.5. The predicted octanol–water partition coefficient (Wildman–Crippen LogP) is 2.76. The van der Waals surface area contributed by atoms with Gasteiger partial charge in [0.25, 0.3) is 0 Å². The van der Waals surface area contributed by atoms with Crippen LogP contribution in [-0.2, 0) is 16.4 Å². The van der Waals surface area contributed by atoms with Gasteiger partial charge in [-0.3, -0.25) is 0 Å². The number of aliphatic hydroxyl groups excluding tert-OH is 1. The van der Waals surface area contributed by atoms with E-state index < -0.39 is 21.9 Å². The Hall–Kier alpha value is -1.81. The fourth-order valence-electron chi connectivity index (χ4n) is 3.00. The Labute approximate surface area is 155 Å². The summed E-state index contributed by atoms with van der Waals surface area (Å²) in [6.07, 6.45) is 0.858. The van der Waals surface area contributed by atoms with Crippen molar-refractivity contribution in [1.82, 2.24) is 4.31 Å². The van der Waals surface area contributed by atoms with Gasteiger partial charge in [-0.25, -0.2) is 12.8 Å². The summed E-state index contributed by atoms with van der Waals surface area (Å²) in [4.78, 5) is 0.886. The van der Waals surface area contributed by atoms with Gasteiger partial charge >= 0.3 is 0 Å². The van der Waals surface area contributed by atoms with E-state index in [9.17, 15) is 17.9 Å². The quantitative estimate of drug-likeness (QED) is 0.599. The molecule has 3 rings (SSSR count). The zero-order valence-corrected chi connectivity index (χ0v) is 15.7. The van der Waals surface area contributed by atoms with Gasteiger partial charge in [0.2, 0.25) is 10.0 Å². The van der Waals surface area contributed by atoms with Crippen LogP contribution in [0.2, 0.25) is 0 Å². The molecule has 0 amide bonds. The molecule has 0 radical (unpaired) electrons. The van der Waals surface area contributed by atoms with Crippen molar-refractivity contribution in [2.45, 2.75) is 30.3 Å². The number of halogens is 1. The van der Waals surface area contributed by atoms with Crippen molar-refractivity contribution in [2.75, 3.05) is 13.6 Å². The highest BCUT2D eigenvalue weighted by Crippen LogP contribution is 2.34. The highest BCUT2D eigenvalue weighted by atomic mass is 32.2. The van der Waals surface area contributed by atoms with Gasteiger partial charge in [0, 0.05) is 19.0 Å². The zero-order valence-electron chi connectivity index (χ0n) is 14.1. The van der Waals surface area contributed by atoms with Crippen molar-refractivity contribution < 1.29 is 23.1 Å². The minimum Gasteiger partial charge on any atom is -0.411 e. The van der Waals surface area contributed by atoms with Crippen LogP contribution in [0.15, 0.2) is 39.7 Å². The van der Waals surface area contributed by atoms with Crippen molar-refractivity contribution in [3.05, 3.63) is 51.5 Å². The lowest BCUT2D eigenvalue weighted by molar-refractivity contribution is 0.155. The first-order chi connectivity index (χ1) is 12.3. The molecule has 6 nitrogen and oxygen atoms in total. The second kappa shape index (κ2) is 7.43. The van der Waals surface area contributed by atoms with Crippen molar-refractivity contribution >= 4 is 27.1 Å². The molecule has 0 unspecified atom stereocenters. The van der Waals surface area contributed by atoms with Gasteiger partial charge in [-0.2, -0.15) is 4.31 Å². The summed E-state index contributed by atoms with van der Waals surface area (Å²) in [5.74, 6) is -0.423. The number of oxime groups is 1. The number of aliphatic hydroxyl groups is 1. The highest BCUT2D eigenvalue weighted by Gasteiger charge is 2.31. The Balaban J connectivity index is 1.84. The van der Waals surface area contributed by atoms with E-state index in [1.807, 2.05) is 0 Å². The molecule has 0 saturated heterocycles. The first kappa shape index (κ1) is 19.0. The first-order valence-electron chi connectivity index (χ1n) is 8.06. The van der Waals surface area contributed by atoms with Gasteiger partial charge < -0.3 is 10.3 Å². The van der Waals surface area contributed by atoms with Gasteiger partial charge in [0.05, 0.1) is 21.6 Å². The maximum Gasteiger partial charge on any atom is 0.244 e. The number of nitrogens with zero attached hydrogens (tertiary/aromatic N) is 2. The summed E-state index contributed by atoms with van der Waals surface area (Å²) in [5, 5.41) is 24.2. The number of hydrogen-bond donors (Lipinski definition) is 2. The second-order valence-corrected chi connectivity index (χ2v) is 9.05. The highest BCUT2D eigenvalue weighted by molar-refractivity contribution is 7.89. The molecule has 26 heavy (non-hydrogen) atoms. The van der Waals surface area contributed by atoms with Crippen LogP contribution in [0, 0.1) is 5.82 Å². The average molecular weight is 398 g/mol. The molecule has 0 bridgehead atoms. The third-order valence-corrected chi connectivity index (χ3v) is 7.56. The Morgan fingerprint density at radius 3 is 2.65 bits per heavy atom. The molecule has 1 atom stereocenters. The van der Waals surface area contributed by atoms with E-state index >= 15 is 0 Å². The molecule has 1 aromatic heterocycles. The smallest absolute Gasteiger partial charge is 0.244 e. The van der Waals surface area contributed by atoms with Crippen LogP contribution in [0.5, 0.6) is 0 Å². The van der Waals surface area contributed by atoms with E-state index in [0.717, 1.165) is 4.31 Å². The van der Waals surface area contributed by atoms with Crippen LogP contribution < -0.4 is 0 Å². The fourth-order valence-corrected chi connectivity index (χ4v) is 5.89. The molecular formula is C17H19FN2O4S2. The molecule has 0 spiro atoms. The second-order valence-electron chi connectivity index (χ2n) is 6.16. The van der Waals surface area contributed by atoms with Gasteiger partial charge in [0.1, 0.15) is 5.82 Å². The first-order valence-corrected chi connectivity index (χ1v) is 10.4. The molecular weight excluding hydrogens is 379 g/mol. The summed E-state index contributed by atoms with van der Waals surface area (Å²) >= 11 is 1.25. The van der Waals surface area contributed by atoms with Crippen molar-refractivity contribution in [2.24, 2.45) is 5.16 Å². The minimum absolute atomic E-state index is 0.153. The topological polar surface area (TPSA) is 90.2 Å². The van der Waals surface area contributed by atoms with Crippen molar-refractivity contribution in [3.8, 4) is 0 Å². The van der Waals surface area contributed by atoms with Crippen molar-refractivity contribution in [3.63, 3.8) is 0 Å². The molecule has 2 N–H and O–H groups in total. The van der Waals surface area contributed by atoms with Crippen LogP contribution in [0.25, 0.3) is 0 Å². The lowest BCUT2D eigenvalue weighted by atomic mass is 9.98. The van der Waals surface area contributed by atoms with Crippen LogP contribution >= 0.6 is 11.3 Å². The molecule has 1 aliphatic rings. The standard InChI is InChI=1S/C17H19FN2O4S2/c1-20(9-15(21)11-5-7-12(18)8-6-11)26(23,24)16-10-25-17-13(16)3-2-4-14(17)19-22/h5-8,10,15,21-22H,2-4,9H2,1H3/t15-/m1/s1. The number of sulfonamides is 1. The number of benzene rings is 1. The molecule has 140 valence electrons.